The van der Waals surface area contributed by atoms with Gasteiger partial charge in [-0.15, -0.1) is 12.4 Å². The van der Waals surface area contributed by atoms with Crippen molar-refractivity contribution in [2.75, 3.05) is 20.1 Å². The van der Waals surface area contributed by atoms with Crippen molar-refractivity contribution in [2.45, 2.75) is 19.4 Å². The van der Waals surface area contributed by atoms with Crippen LogP contribution >= 0.6 is 12.4 Å². The SMILES string of the molecule is CN(Cc1ccc2ccccc2c1)C(=O)CC1CCNC1.Cl. The molecule has 22 heavy (non-hydrogen) atoms. The van der Waals surface area contributed by atoms with E-state index in [4.69, 9.17) is 0 Å². The second-order valence-corrected chi connectivity index (χ2v) is 5.99. The van der Waals surface area contributed by atoms with Crippen LogP contribution in [0.3, 0.4) is 0 Å². The first kappa shape index (κ1) is 16.8. The minimum Gasteiger partial charge on any atom is -0.341 e. The largest absolute Gasteiger partial charge is 0.341 e. The standard InChI is InChI=1S/C18H22N2O.ClH/c1-20(18(21)11-14-8-9-19-12-14)13-15-6-7-16-4-2-3-5-17(16)10-15;/h2-7,10,14,19H,8-9,11-13H2,1H3;1H. The van der Waals surface area contributed by atoms with E-state index in [1.165, 1.54) is 16.3 Å². The van der Waals surface area contributed by atoms with Gasteiger partial charge >= 0.3 is 0 Å². The Bertz CT molecular complexity index is 638. The molecule has 2 aromatic rings. The highest BCUT2D eigenvalue weighted by Gasteiger charge is 2.20. The number of halogens is 1. The van der Waals surface area contributed by atoms with Crippen molar-refractivity contribution in [2.24, 2.45) is 5.92 Å². The van der Waals surface area contributed by atoms with Crippen LogP contribution in [0.2, 0.25) is 0 Å². The van der Waals surface area contributed by atoms with Crippen LogP contribution in [0.4, 0.5) is 0 Å². The molecule has 0 radical (unpaired) electrons. The summed E-state index contributed by atoms with van der Waals surface area (Å²) in [4.78, 5) is 14.1. The van der Waals surface area contributed by atoms with Crippen LogP contribution in [-0.2, 0) is 11.3 Å². The zero-order chi connectivity index (χ0) is 14.7. The quantitative estimate of drug-likeness (QED) is 0.938. The second kappa shape index (κ2) is 7.61. The summed E-state index contributed by atoms with van der Waals surface area (Å²) in [6.07, 6.45) is 1.78. The van der Waals surface area contributed by atoms with Crippen molar-refractivity contribution in [3.8, 4) is 0 Å². The Hall–Kier alpha value is -1.58. The maximum Gasteiger partial charge on any atom is 0.222 e. The highest BCUT2D eigenvalue weighted by atomic mass is 35.5. The maximum atomic E-state index is 12.3. The fraction of sp³-hybridized carbons (Fsp3) is 0.389. The van der Waals surface area contributed by atoms with Gasteiger partial charge in [0.25, 0.3) is 0 Å². The minimum atomic E-state index is 0. The molecule has 1 N–H and O–H groups in total. The molecular weight excluding hydrogens is 296 g/mol. The molecule has 0 aromatic heterocycles. The van der Waals surface area contributed by atoms with Gasteiger partial charge in [-0.3, -0.25) is 4.79 Å². The lowest BCUT2D eigenvalue weighted by Gasteiger charge is -2.19. The molecule has 1 unspecified atom stereocenters. The van der Waals surface area contributed by atoms with Crippen LogP contribution in [0.15, 0.2) is 42.5 Å². The van der Waals surface area contributed by atoms with E-state index in [1.807, 2.05) is 24.1 Å². The third kappa shape index (κ3) is 3.99. The molecule has 118 valence electrons. The van der Waals surface area contributed by atoms with Gasteiger partial charge in [-0.25, -0.2) is 0 Å². The molecule has 3 nitrogen and oxygen atoms in total. The van der Waals surface area contributed by atoms with Gasteiger partial charge in [0.1, 0.15) is 0 Å². The van der Waals surface area contributed by atoms with Crippen molar-refractivity contribution in [3.63, 3.8) is 0 Å². The molecule has 1 saturated heterocycles. The van der Waals surface area contributed by atoms with Crippen molar-refractivity contribution in [1.82, 2.24) is 10.2 Å². The number of nitrogens with zero attached hydrogens (tertiary/aromatic N) is 1. The van der Waals surface area contributed by atoms with Crippen LogP contribution in [0, 0.1) is 5.92 Å². The highest BCUT2D eigenvalue weighted by Crippen LogP contribution is 2.18. The van der Waals surface area contributed by atoms with Gasteiger partial charge in [0.05, 0.1) is 0 Å². The van der Waals surface area contributed by atoms with E-state index in [-0.39, 0.29) is 18.3 Å². The fourth-order valence-electron chi connectivity index (χ4n) is 2.99. The Labute approximate surface area is 138 Å². The Kier molecular flexibility index (Phi) is 5.81. The van der Waals surface area contributed by atoms with E-state index < -0.39 is 0 Å². The lowest BCUT2D eigenvalue weighted by Crippen LogP contribution is -2.28. The van der Waals surface area contributed by atoms with E-state index >= 15 is 0 Å². The molecule has 0 bridgehead atoms. The number of carbonyl (C=O) groups is 1. The lowest BCUT2D eigenvalue weighted by atomic mass is 10.0. The van der Waals surface area contributed by atoms with E-state index in [9.17, 15) is 4.79 Å². The van der Waals surface area contributed by atoms with Gasteiger partial charge in [0, 0.05) is 20.0 Å². The summed E-state index contributed by atoms with van der Waals surface area (Å²) in [5, 5.41) is 5.79. The molecule has 1 heterocycles. The normalized spacial score (nSPS) is 17.2. The van der Waals surface area contributed by atoms with Gasteiger partial charge in [0.15, 0.2) is 0 Å². The molecule has 4 heteroatoms. The predicted octanol–water partition coefficient (Wildman–Crippen LogP) is 3.22. The number of benzene rings is 2. The fourth-order valence-corrected chi connectivity index (χ4v) is 2.99. The van der Waals surface area contributed by atoms with Crippen LogP contribution < -0.4 is 5.32 Å². The molecule has 2 aromatic carbocycles. The summed E-state index contributed by atoms with van der Waals surface area (Å²) >= 11 is 0. The first-order valence-corrected chi connectivity index (χ1v) is 7.65. The summed E-state index contributed by atoms with van der Waals surface area (Å²) in [5.74, 6) is 0.758. The predicted molar refractivity (Wildman–Crippen MR) is 93.3 cm³/mol. The molecular formula is C18H23ClN2O. The van der Waals surface area contributed by atoms with E-state index in [0.717, 1.165) is 19.5 Å². The summed E-state index contributed by atoms with van der Waals surface area (Å²) in [7, 11) is 1.90. The third-order valence-corrected chi connectivity index (χ3v) is 4.29. The number of carbonyl (C=O) groups excluding carboxylic acids is 1. The van der Waals surface area contributed by atoms with Crippen molar-refractivity contribution >= 4 is 29.1 Å². The Morgan fingerprint density at radius 2 is 2.00 bits per heavy atom. The smallest absolute Gasteiger partial charge is 0.222 e. The van der Waals surface area contributed by atoms with Gasteiger partial charge in [0.2, 0.25) is 5.91 Å². The lowest BCUT2D eigenvalue weighted by molar-refractivity contribution is -0.131. The van der Waals surface area contributed by atoms with Gasteiger partial charge < -0.3 is 10.2 Å². The zero-order valence-electron chi connectivity index (χ0n) is 12.9. The Balaban J connectivity index is 0.00000176. The van der Waals surface area contributed by atoms with Gasteiger partial charge in [-0.2, -0.15) is 0 Å². The van der Waals surface area contributed by atoms with Crippen LogP contribution in [0.5, 0.6) is 0 Å². The second-order valence-electron chi connectivity index (χ2n) is 5.99. The number of hydrogen-bond donors (Lipinski definition) is 1. The van der Waals surface area contributed by atoms with E-state index in [2.05, 4.69) is 35.6 Å². The first-order chi connectivity index (χ1) is 10.2. The Morgan fingerprint density at radius 1 is 1.23 bits per heavy atom. The molecule has 0 saturated carbocycles. The van der Waals surface area contributed by atoms with Gasteiger partial charge in [-0.1, -0.05) is 36.4 Å². The zero-order valence-corrected chi connectivity index (χ0v) is 13.7. The first-order valence-electron chi connectivity index (χ1n) is 7.65. The summed E-state index contributed by atoms with van der Waals surface area (Å²) < 4.78 is 0. The molecule has 1 fully saturated rings. The minimum absolute atomic E-state index is 0. The van der Waals surface area contributed by atoms with E-state index in [0.29, 0.717) is 18.9 Å². The molecule has 1 aliphatic heterocycles. The van der Waals surface area contributed by atoms with Gasteiger partial charge in [-0.05, 0) is 47.8 Å². The Morgan fingerprint density at radius 3 is 2.73 bits per heavy atom. The summed E-state index contributed by atoms with van der Waals surface area (Å²) in [6.45, 7) is 2.71. The number of fused-ring (bicyclic) bond motifs is 1. The molecule has 1 aliphatic rings. The summed E-state index contributed by atoms with van der Waals surface area (Å²) in [5.41, 5.74) is 1.19. The van der Waals surface area contributed by atoms with Crippen molar-refractivity contribution in [3.05, 3.63) is 48.0 Å². The molecule has 1 amide bonds. The molecule has 3 rings (SSSR count). The van der Waals surface area contributed by atoms with Crippen molar-refractivity contribution in [1.29, 1.82) is 0 Å². The third-order valence-electron chi connectivity index (χ3n) is 4.29. The molecule has 1 atom stereocenters. The average molecular weight is 319 g/mol. The maximum absolute atomic E-state index is 12.3. The number of hydrogen-bond acceptors (Lipinski definition) is 2. The number of rotatable bonds is 4. The molecule has 0 aliphatic carbocycles. The number of amides is 1. The molecule has 0 spiro atoms. The van der Waals surface area contributed by atoms with Crippen LogP contribution in [0.25, 0.3) is 10.8 Å². The topological polar surface area (TPSA) is 32.3 Å². The monoisotopic (exact) mass is 318 g/mol. The highest BCUT2D eigenvalue weighted by molar-refractivity contribution is 5.85. The van der Waals surface area contributed by atoms with E-state index in [1.54, 1.807) is 0 Å². The summed E-state index contributed by atoms with van der Waals surface area (Å²) in [6, 6.07) is 14.7. The van der Waals surface area contributed by atoms with Crippen LogP contribution in [-0.4, -0.2) is 30.9 Å². The van der Waals surface area contributed by atoms with Crippen LogP contribution in [0.1, 0.15) is 18.4 Å². The van der Waals surface area contributed by atoms with Crippen molar-refractivity contribution < 1.29 is 4.79 Å². The number of nitrogens with one attached hydrogen (secondary N) is 1. The average Bonchev–Trinajstić information content (AvgIpc) is 3.00.